The monoisotopic (exact) mass is 193 g/mol. The molecule has 1 aliphatic rings. The van der Waals surface area contributed by atoms with Crippen molar-refractivity contribution >= 4 is 22.9 Å². The molecule has 1 rings (SSSR count). The molecule has 54 valence electrons. The molecule has 0 spiro atoms. The molecule has 0 saturated carbocycles. The molecule has 0 unspecified atom stereocenters. The van der Waals surface area contributed by atoms with E-state index in [0.717, 1.165) is 31.9 Å². The molecule has 0 fully saturated rings. The first-order chi connectivity index (χ1) is 3.93. The quantitative estimate of drug-likeness (QED) is 0.623. The van der Waals surface area contributed by atoms with Gasteiger partial charge in [-0.1, -0.05) is 6.92 Å². The van der Waals surface area contributed by atoms with Crippen LogP contribution in [0.15, 0.2) is 4.99 Å². The van der Waals surface area contributed by atoms with Gasteiger partial charge in [0.15, 0.2) is 5.90 Å². The van der Waals surface area contributed by atoms with Crippen molar-refractivity contribution in [1.29, 1.82) is 0 Å². The second-order valence-electron chi connectivity index (χ2n) is 1.83. The van der Waals surface area contributed by atoms with E-state index in [0.29, 0.717) is 0 Å². The molecule has 0 bridgehead atoms. The van der Waals surface area contributed by atoms with Crippen molar-refractivity contribution in [2.24, 2.45) is 4.99 Å². The van der Waals surface area contributed by atoms with E-state index in [1.54, 1.807) is 0 Å². The van der Waals surface area contributed by atoms with Gasteiger partial charge >= 0.3 is 0 Å². The van der Waals surface area contributed by atoms with Crippen LogP contribution >= 0.6 is 17.0 Å². The second-order valence-corrected chi connectivity index (χ2v) is 1.83. The van der Waals surface area contributed by atoms with Gasteiger partial charge in [0, 0.05) is 19.4 Å². The number of rotatable bonds is 1. The smallest absolute Gasteiger partial charge is 0.182 e. The van der Waals surface area contributed by atoms with E-state index < -0.39 is 0 Å². The average molecular weight is 194 g/mol. The Labute approximate surface area is 66.1 Å². The molecule has 0 aromatic rings. The molecular formula is C6H12BrNO. The minimum Gasteiger partial charge on any atom is -0.481 e. The molecular weight excluding hydrogens is 182 g/mol. The van der Waals surface area contributed by atoms with Crippen molar-refractivity contribution in [3.8, 4) is 0 Å². The lowest BCUT2D eigenvalue weighted by atomic mass is 10.4. The summed E-state index contributed by atoms with van der Waals surface area (Å²) in [7, 11) is 0. The standard InChI is InChI=1S/C6H11NO.BrH/c1-2-6-7-4-3-5-8-6;/h2-5H2,1H3;1H. The molecule has 2 nitrogen and oxygen atoms in total. The number of hydrogen-bond donors (Lipinski definition) is 0. The predicted molar refractivity (Wildman–Crippen MR) is 43.5 cm³/mol. The fraction of sp³-hybridized carbons (Fsp3) is 0.833. The van der Waals surface area contributed by atoms with E-state index in [4.69, 9.17) is 4.74 Å². The first-order valence-corrected chi connectivity index (χ1v) is 3.09. The Morgan fingerprint density at radius 1 is 1.67 bits per heavy atom. The van der Waals surface area contributed by atoms with E-state index in [2.05, 4.69) is 11.9 Å². The summed E-state index contributed by atoms with van der Waals surface area (Å²) >= 11 is 0. The van der Waals surface area contributed by atoms with E-state index in [1.165, 1.54) is 0 Å². The van der Waals surface area contributed by atoms with Crippen molar-refractivity contribution in [3.63, 3.8) is 0 Å². The molecule has 0 aromatic carbocycles. The third-order valence-corrected chi connectivity index (χ3v) is 1.16. The van der Waals surface area contributed by atoms with Crippen molar-refractivity contribution < 1.29 is 4.74 Å². The zero-order valence-electron chi connectivity index (χ0n) is 5.59. The third-order valence-electron chi connectivity index (χ3n) is 1.16. The van der Waals surface area contributed by atoms with Crippen LogP contribution in [0.1, 0.15) is 19.8 Å². The summed E-state index contributed by atoms with van der Waals surface area (Å²) in [6.07, 6.45) is 2.03. The van der Waals surface area contributed by atoms with Crippen LogP contribution < -0.4 is 0 Å². The minimum absolute atomic E-state index is 0. The normalized spacial score (nSPS) is 17.2. The number of halogens is 1. The van der Waals surface area contributed by atoms with Gasteiger partial charge < -0.3 is 4.74 Å². The highest BCUT2D eigenvalue weighted by Crippen LogP contribution is 1.98. The Morgan fingerprint density at radius 3 is 2.78 bits per heavy atom. The highest BCUT2D eigenvalue weighted by Gasteiger charge is 2.00. The van der Waals surface area contributed by atoms with Crippen molar-refractivity contribution in [2.75, 3.05) is 13.2 Å². The highest BCUT2D eigenvalue weighted by atomic mass is 79.9. The van der Waals surface area contributed by atoms with Gasteiger partial charge in [-0.2, -0.15) is 0 Å². The first kappa shape index (κ1) is 8.95. The van der Waals surface area contributed by atoms with Gasteiger partial charge in [0.2, 0.25) is 0 Å². The maximum absolute atomic E-state index is 5.18. The van der Waals surface area contributed by atoms with Gasteiger partial charge in [0.05, 0.1) is 6.61 Å². The van der Waals surface area contributed by atoms with Crippen molar-refractivity contribution in [2.45, 2.75) is 19.8 Å². The number of ether oxygens (including phenoxy) is 1. The van der Waals surface area contributed by atoms with Crippen LogP contribution in [0.25, 0.3) is 0 Å². The Balaban J connectivity index is 0.000000640. The Hall–Kier alpha value is -0.0500. The van der Waals surface area contributed by atoms with Gasteiger partial charge in [-0.25, -0.2) is 0 Å². The summed E-state index contributed by atoms with van der Waals surface area (Å²) < 4.78 is 5.18. The van der Waals surface area contributed by atoms with Crippen LogP contribution in [0.2, 0.25) is 0 Å². The molecule has 1 aliphatic heterocycles. The fourth-order valence-corrected chi connectivity index (χ4v) is 0.718. The van der Waals surface area contributed by atoms with Crippen molar-refractivity contribution in [1.82, 2.24) is 0 Å². The zero-order valence-corrected chi connectivity index (χ0v) is 7.31. The largest absolute Gasteiger partial charge is 0.481 e. The lowest BCUT2D eigenvalue weighted by Gasteiger charge is -2.10. The first-order valence-electron chi connectivity index (χ1n) is 3.09. The van der Waals surface area contributed by atoms with Crippen molar-refractivity contribution in [3.05, 3.63) is 0 Å². The molecule has 0 aromatic heterocycles. The molecule has 0 N–H and O–H groups in total. The molecule has 0 radical (unpaired) electrons. The molecule has 1 heterocycles. The van der Waals surface area contributed by atoms with Gasteiger partial charge in [-0.15, -0.1) is 17.0 Å². The van der Waals surface area contributed by atoms with E-state index in [1.807, 2.05) is 0 Å². The average Bonchev–Trinajstić information content (AvgIpc) is 1.90. The van der Waals surface area contributed by atoms with Crippen LogP contribution in [0, 0.1) is 0 Å². The van der Waals surface area contributed by atoms with Gasteiger partial charge in [-0.05, 0) is 0 Å². The number of hydrogen-bond acceptors (Lipinski definition) is 2. The highest BCUT2D eigenvalue weighted by molar-refractivity contribution is 8.93. The summed E-state index contributed by atoms with van der Waals surface area (Å²) in [6, 6.07) is 0. The molecule has 9 heavy (non-hydrogen) atoms. The number of aliphatic imine (C=N–C) groups is 1. The van der Waals surface area contributed by atoms with Gasteiger partial charge in [0.1, 0.15) is 0 Å². The summed E-state index contributed by atoms with van der Waals surface area (Å²) in [4.78, 5) is 4.14. The SMILES string of the molecule is Br.CCC1=NCCCO1. The Bertz CT molecular complexity index is 103. The molecule has 3 heteroatoms. The second kappa shape index (κ2) is 4.79. The lowest BCUT2D eigenvalue weighted by Crippen LogP contribution is -2.11. The van der Waals surface area contributed by atoms with Crippen LogP contribution in [-0.2, 0) is 4.74 Å². The van der Waals surface area contributed by atoms with Gasteiger partial charge in [-0.3, -0.25) is 4.99 Å². The molecule has 0 amide bonds. The molecule has 0 saturated heterocycles. The number of nitrogens with zero attached hydrogens (tertiary/aromatic N) is 1. The van der Waals surface area contributed by atoms with Gasteiger partial charge in [0.25, 0.3) is 0 Å². The fourth-order valence-electron chi connectivity index (χ4n) is 0.718. The minimum atomic E-state index is 0. The zero-order chi connectivity index (χ0) is 5.82. The Kier molecular flexibility index (Phi) is 4.77. The summed E-state index contributed by atoms with van der Waals surface area (Å²) in [5.41, 5.74) is 0. The summed E-state index contributed by atoms with van der Waals surface area (Å²) in [5.74, 6) is 0.927. The summed E-state index contributed by atoms with van der Waals surface area (Å²) in [5, 5.41) is 0. The molecule has 0 atom stereocenters. The Morgan fingerprint density at radius 2 is 2.44 bits per heavy atom. The maximum Gasteiger partial charge on any atom is 0.182 e. The lowest BCUT2D eigenvalue weighted by molar-refractivity contribution is 0.275. The van der Waals surface area contributed by atoms with Crippen LogP contribution in [0.4, 0.5) is 0 Å². The van der Waals surface area contributed by atoms with Crippen LogP contribution in [0.5, 0.6) is 0 Å². The maximum atomic E-state index is 5.18. The molecule has 0 aliphatic carbocycles. The topological polar surface area (TPSA) is 21.6 Å². The third kappa shape index (κ3) is 2.84. The summed E-state index contributed by atoms with van der Waals surface area (Å²) in [6.45, 7) is 3.89. The van der Waals surface area contributed by atoms with E-state index in [-0.39, 0.29) is 17.0 Å². The van der Waals surface area contributed by atoms with Crippen LogP contribution in [0.3, 0.4) is 0 Å². The predicted octanol–water partition coefficient (Wildman–Crippen LogP) is 1.79. The van der Waals surface area contributed by atoms with E-state index >= 15 is 0 Å². The van der Waals surface area contributed by atoms with Crippen LogP contribution in [-0.4, -0.2) is 19.0 Å². The van der Waals surface area contributed by atoms with E-state index in [9.17, 15) is 0 Å².